The molecule has 0 saturated carbocycles. The molecule has 81 heavy (non-hydrogen) atoms. The van der Waals surface area contributed by atoms with Gasteiger partial charge in [0.05, 0.1) is 25.4 Å². The lowest BCUT2D eigenvalue weighted by Crippen LogP contribution is -2.45. The van der Waals surface area contributed by atoms with Gasteiger partial charge in [0.25, 0.3) is 0 Å². The average Bonchev–Trinajstić information content (AvgIpc) is 3.47. The second-order valence-corrected chi connectivity index (χ2v) is 24.6. The molecule has 0 aliphatic heterocycles. The minimum atomic E-state index is -0.847. The van der Waals surface area contributed by atoms with Crippen LogP contribution in [0.4, 0.5) is 0 Å². The maximum atomic E-state index is 12.5. The number of esters is 1. The summed E-state index contributed by atoms with van der Waals surface area (Å²) in [5, 5.41) is 23.2. The summed E-state index contributed by atoms with van der Waals surface area (Å²) in [5.74, 6) is -0.0628. The van der Waals surface area contributed by atoms with E-state index in [-0.39, 0.29) is 18.5 Å². The molecule has 3 N–H and O–H groups in total. The molecule has 0 bridgehead atoms. The van der Waals surface area contributed by atoms with Crippen molar-refractivity contribution in [3.8, 4) is 0 Å². The van der Waals surface area contributed by atoms with Crippen LogP contribution in [0.5, 0.6) is 0 Å². The lowest BCUT2D eigenvalue weighted by molar-refractivity contribution is -0.143. The third-order valence-electron chi connectivity index (χ3n) is 16.5. The number of aliphatic hydroxyl groups is 2. The van der Waals surface area contributed by atoms with Gasteiger partial charge in [-0.25, -0.2) is 0 Å². The zero-order valence-corrected chi connectivity index (χ0v) is 54.3. The van der Waals surface area contributed by atoms with Crippen LogP contribution in [0.15, 0.2) is 60.8 Å². The van der Waals surface area contributed by atoms with Crippen LogP contribution in [0, 0.1) is 0 Å². The molecule has 2 unspecified atom stereocenters. The molecule has 6 nitrogen and oxygen atoms in total. The Morgan fingerprint density at radius 2 is 0.617 bits per heavy atom. The van der Waals surface area contributed by atoms with Gasteiger partial charge < -0.3 is 20.3 Å². The second-order valence-electron chi connectivity index (χ2n) is 24.6. The first-order chi connectivity index (χ1) is 40.0. The number of ether oxygens (including phenoxy) is 1. The van der Waals surface area contributed by atoms with Gasteiger partial charge in [0.1, 0.15) is 0 Å². The SMILES string of the molecule is CCCCCC/C=C\C/C=C\CCCCCCCCCC(=O)OCCCCCCCCCCC/C=C\C/C=C\CCCCCCCCCCCCCCCC(=O)NC(CO)C(O)/C=C/CCCCCCCCCCCCCCCCC. The van der Waals surface area contributed by atoms with Gasteiger partial charge in [-0.3, -0.25) is 9.59 Å². The monoisotopic (exact) mass is 1130 g/mol. The van der Waals surface area contributed by atoms with E-state index in [1.165, 1.54) is 295 Å². The molecule has 0 aromatic heterocycles. The predicted molar refractivity (Wildman–Crippen MR) is 356 cm³/mol. The van der Waals surface area contributed by atoms with Crippen LogP contribution in [-0.2, 0) is 14.3 Å². The number of allylic oxidation sites excluding steroid dienone is 9. The third kappa shape index (κ3) is 66.6. The molecule has 0 aliphatic carbocycles. The molecule has 474 valence electrons. The van der Waals surface area contributed by atoms with Crippen molar-refractivity contribution in [2.75, 3.05) is 13.2 Å². The summed E-state index contributed by atoms with van der Waals surface area (Å²) in [6.07, 6.45) is 93.0. The molecule has 0 radical (unpaired) electrons. The van der Waals surface area contributed by atoms with E-state index in [4.69, 9.17) is 4.74 Å². The van der Waals surface area contributed by atoms with Crippen molar-refractivity contribution in [3.05, 3.63) is 60.8 Å². The van der Waals surface area contributed by atoms with E-state index in [1.54, 1.807) is 6.08 Å². The zero-order valence-electron chi connectivity index (χ0n) is 54.3. The van der Waals surface area contributed by atoms with E-state index in [2.05, 4.69) is 67.8 Å². The predicted octanol–water partition coefficient (Wildman–Crippen LogP) is 23.4. The van der Waals surface area contributed by atoms with Gasteiger partial charge in [-0.15, -0.1) is 0 Å². The standard InChI is InChI=1S/C75H139NO5/c1-3-5-7-9-11-13-15-17-19-21-37-41-45-49-53-57-61-65-69-75(80)81-70-66-62-58-54-50-46-42-38-34-32-30-28-26-24-22-23-25-27-29-31-33-36-40-44-48-52-56-60-64-68-74(79)76-72(71-77)73(78)67-63-59-55-51-47-43-39-35-20-18-16-14-12-10-8-6-4-2/h13,15,19,21-22,24,28,30,63,67,72-73,77-78H,3-12,14,16-18,20,23,25-27,29,31-62,64-66,68-71H2,1-2H3,(H,76,79)/b15-13-,21-19-,24-22-,30-28-,67-63+. The first-order valence-corrected chi connectivity index (χ1v) is 36.1. The van der Waals surface area contributed by atoms with E-state index in [1.807, 2.05) is 6.08 Å². The summed E-state index contributed by atoms with van der Waals surface area (Å²) in [4.78, 5) is 24.6. The first kappa shape index (κ1) is 78.6. The maximum Gasteiger partial charge on any atom is 0.305 e. The summed E-state index contributed by atoms with van der Waals surface area (Å²) in [5.41, 5.74) is 0. The number of aliphatic hydroxyl groups excluding tert-OH is 2. The van der Waals surface area contributed by atoms with Crippen LogP contribution < -0.4 is 5.32 Å². The van der Waals surface area contributed by atoms with Crippen molar-refractivity contribution < 1.29 is 24.5 Å². The lowest BCUT2D eigenvalue weighted by Gasteiger charge is -2.20. The molecule has 0 spiro atoms. The largest absolute Gasteiger partial charge is 0.466 e. The molecule has 0 heterocycles. The summed E-state index contributed by atoms with van der Waals surface area (Å²) in [7, 11) is 0. The second kappa shape index (κ2) is 70.0. The Morgan fingerprint density at radius 3 is 0.951 bits per heavy atom. The van der Waals surface area contributed by atoms with Crippen molar-refractivity contribution >= 4 is 11.9 Å². The highest BCUT2D eigenvalue weighted by molar-refractivity contribution is 5.76. The highest BCUT2D eigenvalue weighted by Gasteiger charge is 2.18. The smallest absolute Gasteiger partial charge is 0.305 e. The minimum Gasteiger partial charge on any atom is -0.466 e. The number of carbonyl (C=O) groups is 2. The number of carbonyl (C=O) groups excluding carboxylic acids is 2. The quantitative estimate of drug-likeness (QED) is 0.0320. The Hall–Kier alpha value is -2.44. The summed E-state index contributed by atoms with van der Waals surface area (Å²) < 4.78 is 5.50. The number of nitrogens with one attached hydrogen (secondary N) is 1. The van der Waals surface area contributed by atoms with Crippen LogP contribution in [0.25, 0.3) is 0 Å². The maximum absolute atomic E-state index is 12.5. The first-order valence-electron chi connectivity index (χ1n) is 36.1. The molecule has 0 saturated heterocycles. The van der Waals surface area contributed by atoms with Crippen molar-refractivity contribution in [1.82, 2.24) is 5.32 Å². The Morgan fingerprint density at radius 1 is 0.346 bits per heavy atom. The van der Waals surface area contributed by atoms with Gasteiger partial charge in [0, 0.05) is 12.8 Å². The molecular formula is C75H139NO5. The fourth-order valence-corrected chi connectivity index (χ4v) is 11.0. The molecule has 0 aliphatic rings. The molecule has 0 fully saturated rings. The molecule has 6 heteroatoms. The average molecular weight is 1130 g/mol. The van der Waals surface area contributed by atoms with Crippen LogP contribution in [0.2, 0.25) is 0 Å². The molecule has 2 atom stereocenters. The van der Waals surface area contributed by atoms with Crippen molar-refractivity contribution in [3.63, 3.8) is 0 Å². The van der Waals surface area contributed by atoms with Gasteiger partial charge in [-0.2, -0.15) is 0 Å². The number of hydrogen-bond donors (Lipinski definition) is 3. The zero-order chi connectivity index (χ0) is 58.5. The highest BCUT2D eigenvalue weighted by atomic mass is 16.5. The Labute approximate surface area is 505 Å². The van der Waals surface area contributed by atoms with Gasteiger partial charge >= 0.3 is 5.97 Å². The fourth-order valence-electron chi connectivity index (χ4n) is 11.0. The Balaban J connectivity index is 3.42. The highest BCUT2D eigenvalue weighted by Crippen LogP contribution is 2.18. The molecule has 0 rings (SSSR count). The van der Waals surface area contributed by atoms with E-state index in [0.29, 0.717) is 19.4 Å². The van der Waals surface area contributed by atoms with E-state index in [0.717, 1.165) is 57.8 Å². The number of hydrogen-bond acceptors (Lipinski definition) is 5. The minimum absolute atomic E-state index is 0.00427. The molecule has 0 aromatic rings. The van der Waals surface area contributed by atoms with Crippen LogP contribution in [-0.4, -0.2) is 47.4 Å². The molecule has 0 aromatic carbocycles. The van der Waals surface area contributed by atoms with Gasteiger partial charge in [0.2, 0.25) is 5.91 Å². The Bertz CT molecular complexity index is 1400. The van der Waals surface area contributed by atoms with Crippen molar-refractivity contribution in [1.29, 1.82) is 0 Å². The van der Waals surface area contributed by atoms with Crippen LogP contribution in [0.3, 0.4) is 0 Å². The van der Waals surface area contributed by atoms with Crippen LogP contribution in [0.1, 0.15) is 380 Å². The molecular weight excluding hydrogens is 995 g/mol. The van der Waals surface area contributed by atoms with E-state index < -0.39 is 12.1 Å². The lowest BCUT2D eigenvalue weighted by atomic mass is 10.0. The van der Waals surface area contributed by atoms with E-state index >= 15 is 0 Å². The topological polar surface area (TPSA) is 95.9 Å². The van der Waals surface area contributed by atoms with Crippen LogP contribution >= 0.6 is 0 Å². The third-order valence-corrected chi connectivity index (χ3v) is 16.5. The number of amides is 1. The summed E-state index contributed by atoms with van der Waals surface area (Å²) in [6.45, 7) is 4.90. The van der Waals surface area contributed by atoms with Crippen molar-refractivity contribution in [2.45, 2.75) is 392 Å². The van der Waals surface area contributed by atoms with Gasteiger partial charge in [0.15, 0.2) is 0 Å². The molecule has 1 amide bonds. The van der Waals surface area contributed by atoms with Gasteiger partial charge in [-0.1, -0.05) is 331 Å². The number of unbranched alkanes of at least 4 members (excludes halogenated alkanes) is 48. The summed E-state index contributed by atoms with van der Waals surface area (Å²) >= 11 is 0. The van der Waals surface area contributed by atoms with E-state index in [9.17, 15) is 19.8 Å². The van der Waals surface area contributed by atoms with Gasteiger partial charge in [-0.05, 0) is 96.3 Å². The Kier molecular flexibility index (Phi) is 67.9. The summed E-state index contributed by atoms with van der Waals surface area (Å²) in [6, 6.07) is -0.630. The normalized spacial score (nSPS) is 12.9. The van der Waals surface area contributed by atoms with Crippen molar-refractivity contribution in [2.24, 2.45) is 0 Å². The fraction of sp³-hybridized carbons (Fsp3) is 0.840. The number of rotatable bonds is 67.